The molecule has 0 spiro atoms. The van der Waals surface area contributed by atoms with E-state index in [2.05, 4.69) is 39.5 Å². The second-order valence-electron chi connectivity index (χ2n) is 16.3. The average molecular weight is 724 g/mol. The van der Waals surface area contributed by atoms with Crippen LogP contribution in [0.25, 0.3) is 0 Å². The van der Waals surface area contributed by atoms with E-state index in [-0.39, 0.29) is 18.5 Å². The first-order valence-corrected chi connectivity index (χ1v) is 22.5. The van der Waals surface area contributed by atoms with Crippen molar-refractivity contribution in [1.29, 1.82) is 0 Å². The van der Waals surface area contributed by atoms with Gasteiger partial charge < -0.3 is 19.5 Å². The molecule has 0 fully saturated rings. The van der Waals surface area contributed by atoms with Crippen molar-refractivity contribution in [2.45, 2.75) is 227 Å². The summed E-state index contributed by atoms with van der Waals surface area (Å²) in [4.78, 5) is 27.5. The summed E-state index contributed by atoms with van der Waals surface area (Å²) in [5, 5.41) is 9.27. The summed E-state index contributed by atoms with van der Waals surface area (Å²) < 4.78 is 11.2. The van der Waals surface area contributed by atoms with Crippen LogP contribution in [0.4, 0.5) is 0 Å². The van der Waals surface area contributed by atoms with Gasteiger partial charge in [-0.15, -0.1) is 0 Å². The number of ether oxygens (including phenoxy) is 2. The summed E-state index contributed by atoms with van der Waals surface area (Å²) >= 11 is 0. The second kappa shape index (κ2) is 37.2. The van der Waals surface area contributed by atoms with Crippen LogP contribution < -0.4 is 0 Å². The van der Waals surface area contributed by atoms with Crippen molar-refractivity contribution < 1.29 is 24.2 Å². The van der Waals surface area contributed by atoms with Crippen LogP contribution in [-0.2, 0) is 19.1 Å². The summed E-state index contributed by atoms with van der Waals surface area (Å²) in [7, 11) is 0. The predicted octanol–water partition coefficient (Wildman–Crippen LogP) is 12.8. The lowest BCUT2D eigenvalue weighted by Crippen LogP contribution is -2.28. The standard InChI is InChI=1S/C45H89NO5/c1-6-9-12-13-14-20-29-40-50-43(48)34-23-16-15-18-25-36-46(38-27-28-39-47)37-26-19-17-24-35-45(4,5)44(49)51-41-30-33-42(31-21-10-7-2)32-22-11-8-3/h42,47H,6-41H2,1-5H3. The zero-order chi connectivity index (χ0) is 37.7. The van der Waals surface area contributed by atoms with E-state index in [1.807, 2.05) is 0 Å². The molecule has 0 atom stereocenters. The van der Waals surface area contributed by atoms with Gasteiger partial charge in [0.2, 0.25) is 0 Å². The molecule has 304 valence electrons. The van der Waals surface area contributed by atoms with Gasteiger partial charge in [0, 0.05) is 13.0 Å². The van der Waals surface area contributed by atoms with Crippen molar-refractivity contribution in [1.82, 2.24) is 4.90 Å². The second-order valence-corrected chi connectivity index (χ2v) is 16.3. The fourth-order valence-electron chi connectivity index (χ4n) is 7.12. The molecule has 0 aromatic carbocycles. The molecule has 0 aliphatic rings. The minimum atomic E-state index is -0.411. The summed E-state index contributed by atoms with van der Waals surface area (Å²) in [5.41, 5.74) is -0.411. The number of unbranched alkanes of at least 4 members (excludes halogenated alkanes) is 18. The van der Waals surface area contributed by atoms with Crippen molar-refractivity contribution in [2.75, 3.05) is 39.5 Å². The molecular formula is C45H89NO5. The Labute approximate surface area is 318 Å². The number of hydrogen-bond acceptors (Lipinski definition) is 6. The first kappa shape index (κ1) is 49.9. The lowest BCUT2D eigenvalue weighted by molar-refractivity contribution is -0.154. The van der Waals surface area contributed by atoms with E-state index >= 15 is 0 Å². The van der Waals surface area contributed by atoms with Gasteiger partial charge in [0.25, 0.3) is 0 Å². The maximum atomic E-state index is 12.9. The lowest BCUT2D eigenvalue weighted by Gasteiger charge is -2.24. The summed E-state index contributed by atoms with van der Waals surface area (Å²) in [6, 6.07) is 0. The third-order valence-electron chi connectivity index (χ3n) is 10.7. The summed E-state index contributed by atoms with van der Waals surface area (Å²) in [6.45, 7) is 15.6. The lowest BCUT2D eigenvalue weighted by atomic mass is 9.87. The number of esters is 2. The number of carbonyl (C=O) groups is 2. The SMILES string of the molecule is CCCCCCCCCOC(=O)CCCCCCCN(CCCCO)CCCCCCC(C)(C)C(=O)OCCCC(CCCCC)CCCCC. The molecule has 0 aliphatic heterocycles. The van der Waals surface area contributed by atoms with Crippen LogP contribution in [0, 0.1) is 11.3 Å². The Morgan fingerprint density at radius 1 is 0.529 bits per heavy atom. The Kier molecular flexibility index (Phi) is 36.4. The van der Waals surface area contributed by atoms with E-state index in [0.717, 1.165) is 83.3 Å². The first-order valence-electron chi connectivity index (χ1n) is 22.5. The van der Waals surface area contributed by atoms with Gasteiger partial charge in [0.05, 0.1) is 18.6 Å². The monoisotopic (exact) mass is 724 g/mol. The van der Waals surface area contributed by atoms with E-state index in [1.54, 1.807) is 0 Å². The quantitative estimate of drug-likeness (QED) is 0.0501. The number of aliphatic hydroxyl groups is 1. The van der Waals surface area contributed by atoms with Crippen LogP contribution in [-0.4, -0.2) is 61.4 Å². The number of aliphatic hydroxyl groups excluding tert-OH is 1. The summed E-state index contributed by atoms with van der Waals surface area (Å²) in [6.07, 6.45) is 35.0. The topological polar surface area (TPSA) is 76.1 Å². The molecule has 0 rings (SSSR count). The highest BCUT2D eigenvalue weighted by atomic mass is 16.5. The highest BCUT2D eigenvalue weighted by Crippen LogP contribution is 2.27. The highest BCUT2D eigenvalue weighted by Gasteiger charge is 2.28. The maximum Gasteiger partial charge on any atom is 0.311 e. The molecule has 51 heavy (non-hydrogen) atoms. The first-order chi connectivity index (χ1) is 24.8. The van der Waals surface area contributed by atoms with Crippen LogP contribution in [0.2, 0.25) is 0 Å². The Morgan fingerprint density at radius 3 is 1.57 bits per heavy atom. The largest absolute Gasteiger partial charge is 0.466 e. The Bertz CT molecular complexity index is 747. The molecule has 0 aliphatic carbocycles. The maximum absolute atomic E-state index is 12.9. The number of carbonyl (C=O) groups excluding carboxylic acids is 2. The van der Waals surface area contributed by atoms with Gasteiger partial charge in [0.1, 0.15) is 0 Å². The van der Waals surface area contributed by atoms with E-state index < -0.39 is 5.41 Å². The van der Waals surface area contributed by atoms with Crippen LogP contribution >= 0.6 is 0 Å². The van der Waals surface area contributed by atoms with Crippen LogP contribution in [0.1, 0.15) is 227 Å². The molecule has 6 nitrogen and oxygen atoms in total. The normalized spacial score (nSPS) is 11.9. The number of hydrogen-bond donors (Lipinski definition) is 1. The molecule has 0 bridgehead atoms. The fraction of sp³-hybridized carbons (Fsp3) is 0.956. The summed E-state index contributed by atoms with van der Waals surface area (Å²) in [5.74, 6) is 0.743. The molecule has 0 saturated heterocycles. The molecule has 0 amide bonds. The molecule has 0 unspecified atom stereocenters. The smallest absolute Gasteiger partial charge is 0.311 e. The highest BCUT2D eigenvalue weighted by molar-refractivity contribution is 5.75. The van der Waals surface area contributed by atoms with Crippen molar-refractivity contribution in [3.8, 4) is 0 Å². The Balaban J connectivity index is 4.10. The average Bonchev–Trinajstić information content (AvgIpc) is 3.11. The van der Waals surface area contributed by atoms with Crippen molar-refractivity contribution >= 4 is 11.9 Å². The van der Waals surface area contributed by atoms with E-state index in [1.165, 1.54) is 128 Å². The number of rotatable bonds is 40. The molecule has 0 radical (unpaired) electrons. The Hall–Kier alpha value is -1.14. The minimum Gasteiger partial charge on any atom is -0.466 e. The third kappa shape index (κ3) is 33.2. The van der Waals surface area contributed by atoms with Gasteiger partial charge in [-0.05, 0) is 97.2 Å². The molecule has 0 aromatic heterocycles. The van der Waals surface area contributed by atoms with Crippen molar-refractivity contribution in [3.63, 3.8) is 0 Å². The predicted molar refractivity (Wildman–Crippen MR) is 218 cm³/mol. The van der Waals surface area contributed by atoms with Crippen molar-refractivity contribution in [3.05, 3.63) is 0 Å². The fourth-order valence-corrected chi connectivity index (χ4v) is 7.12. The molecule has 6 heteroatoms. The Morgan fingerprint density at radius 2 is 0.980 bits per heavy atom. The molecular weight excluding hydrogens is 634 g/mol. The molecule has 0 saturated carbocycles. The van der Waals surface area contributed by atoms with E-state index in [0.29, 0.717) is 19.6 Å². The van der Waals surface area contributed by atoms with Gasteiger partial charge in [-0.25, -0.2) is 0 Å². The van der Waals surface area contributed by atoms with Gasteiger partial charge in [-0.2, -0.15) is 0 Å². The molecule has 1 N–H and O–H groups in total. The number of nitrogens with zero attached hydrogens (tertiary/aromatic N) is 1. The minimum absolute atomic E-state index is 0.0233. The zero-order valence-corrected chi connectivity index (χ0v) is 35.1. The van der Waals surface area contributed by atoms with E-state index in [4.69, 9.17) is 9.47 Å². The van der Waals surface area contributed by atoms with Gasteiger partial charge in [0.15, 0.2) is 0 Å². The zero-order valence-electron chi connectivity index (χ0n) is 35.1. The van der Waals surface area contributed by atoms with Crippen LogP contribution in [0.3, 0.4) is 0 Å². The van der Waals surface area contributed by atoms with Crippen LogP contribution in [0.5, 0.6) is 0 Å². The molecule has 0 heterocycles. The third-order valence-corrected chi connectivity index (χ3v) is 10.7. The van der Waals surface area contributed by atoms with E-state index in [9.17, 15) is 14.7 Å². The van der Waals surface area contributed by atoms with Gasteiger partial charge in [-0.3, -0.25) is 9.59 Å². The van der Waals surface area contributed by atoms with Crippen LogP contribution in [0.15, 0.2) is 0 Å². The van der Waals surface area contributed by atoms with Crippen molar-refractivity contribution in [2.24, 2.45) is 11.3 Å². The van der Waals surface area contributed by atoms with Gasteiger partial charge in [-0.1, -0.05) is 149 Å². The van der Waals surface area contributed by atoms with Gasteiger partial charge >= 0.3 is 11.9 Å². The molecule has 0 aromatic rings.